The van der Waals surface area contributed by atoms with E-state index in [1.165, 1.54) is 0 Å². The first-order chi connectivity index (χ1) is 36.1. The number of aromatic nitrogens is 3. The molecular weight excluding hydrogens is 891 g/mol. The molecule has 0 spiro atoms. The molecule has 2 heterocycles. The maximum atomic E-state index is 11.1. The van der Waals surface area contributed by atoms with E-state index in [1.54, 1.807) is 0 Å². The number of rotatable bonds is 11. The average Bonchev–Trinajstić information content (AvgIpc) is 3.79. The zero-order chi connectivity index (χ0) is 49.1. The van der Waals surface area contributed by atoms with E-state index in [0.29, 0.717) is 22.6 Å². The van der Waals surface area contributed by atoms with Gasteiger partial charge in [-0.3, -0.25) is 0 Å². The number of fused-ring (bicyclic) bond motifs is 3. The SMILES string of the molecule is N#Cc1cc(-c2ccc(-c3cc(-c4ccccc4)nc(-c4ccccc4)n3)cc2)cc(C#N)c1-n1c2ccc(N(c3ccccc3)c3ccccc3)cc2c2cc(N(c3ccccc3)c3ccccc3)ccc21. The molecular formula is C66H43N7. The number of nitrogens with zero attached hydrogens (tertiary/aromatic N) is 7. The summed E-state index contributed by atoms with van der Waals surface area (Å²) in [6, 6.07) is 93.5. The molecule has 7 nitrogen and oxygen atoms in total. The first kappa shape index (κ1) is 43.9. The summed E-state index contributed by atoms with van der Waals surface area (Å²) in [4.78, 5) is 14.5. The van der Waals surface area contributed by atoms with Gasteiger partial charge in [-0.2, -0.15) is 10.5 Å². The Morgan fingerprint density at radius 3 is 1.07 bits per heavy atom. The second-order valence-corrected chi connectivity index (χ2v) is 17.7. The van der Waals surface area contributed by atoms with Gasteiger partial charge in [0, 0.05) is 61.6 Å². The third-order valence-electron chi connectivity index (χ3n) is 13.2. The smallest absolute Gasteiger partial charge is 0.160 e. The largest absolute Gasteiger partial charge is 0.310 e. The number of hydrogen-bond acceptors (Lipinski definition) is 6. The highest BCUT2D eigenvalue weighted by Gasteiger charge is 2.24. The van der Waals surface area contributed by atoms with Crippen molar-refractivity contribution in [3.8, 4) is 62.9 Å². The van der Waals surface area contributed by atoms with Gasteiger partial charge < -0.3 is 14.4 Å². The maximum Gasteiger partial charge on any atom is 0.160 e. The van der Waals surface area contributed by atoms with Gasteiger partial charge >= 0.3 is 0 Å². The van der Waals surface area contributed by atoms with Crippen LogP contribution in [0, 0.1) is 22.7 Å². The van der Waals surface area contributed by atoms with Crippen LogP contribution in [0.15, 0.2) is 261 Å². The lowest BCUT2D eigenvalue weighted by Crippen LogP contribution is -2.09. The normalized spacial score (nSPS) is 11.0. The quantitative estimate of drug-likeness (QED) is 0.128. The molecule has 0 amide bonds. The first-order valence-corrected chi connectivity index (χ1v) is 24.1. The molecule has 7 heteroatoms. The number of anilines is 6. The number of benzene rings is 10. The third-order valence-corrected chi connectivity index (χ3v) is 13.2. The molecule has 73 heavy (non-hydrogen) atoms. The van der Waals surface area contributed by atoms with E-state index >= 15 is 0 Å². The van der Waals surface area contributed by atoms with Crippen molar-refractivity contribution < 1.29 is 0 Å². The third kappa shape index (κ3) is 8.40. The standard InChI is InChI=1S/C66H43N7/c67-44-51-39-50(46-31-33-48(34-32-46)62-43-61(47-19-7-1-8-20-47)69-66(70-62)49-21-9-2-10-22-49)40-52(45-68)65(51)73-63-37-35-57(71(53-23-11-3-12-24-53)54-25-13-4-14-26-54)41-59(63)60-42-58(36-38-64(60)73)72(55-27-15-5-16-28-55)56-29-17-6-18-30-56/h1-43H. The maximum absolute atomic E-state index is 11.1. The highest BCUT2D eigenvalue weighted by atomic mass is 15.1. The zero-order valence-corrected chi connectivity index (χ0v) is 39.5. The first-order valence-electron chi connectivity index (χ1n) is 24.1. The highest BCUT2D eigenvalue weighted by molar-refractivity contribution is 6.12. The van der Waals surface area contributed by atoms with Crippen molar-refractivity contribution in [2.75, 3.05) is 9.80 Å². The lowest BCUT2D eigenvalue weighted by molar-refractivity contribution is 1.15. The minimum Gasteiger partial charge on any atom is -0.310 e. The van der Waals surface area contributed by atoms with Gasteiger partial charge in [-0.15, -0.1) is 0 Å². The van der Waals surface area contributed by atoms with Gasteiger partial charge in [0.2, 0.25) is 0 Å². The Morgan fingerprint density at radius 2 is 0.671 bits per heavy atom. The summed E-state index contributed by atoms with van der Waals surface area (Å²) in [6.07, 6.45) is 0. The van der Waals surface area contributed by atoms with E-state index in [9.17, 15) is 10.5 Å². The van der Waals surface area contributed by atoms with Gasteiger partial charge in [0.15, 0.2) is 5.82 Å². The van der Waals surface area contributed by atoms with Crippen LogP contribution in [0.2, 0.25) is 0 Å². The summed E-state index contributed by atoms with van der Waals surface area (Å²) in [5, 5.41) is 24.2. The van der Waals surface area contributed by atoms with Gasteiger partial charge in [-0.25, -0.2) is 9.97 Å². The Kier molecular flexibility index (Phi) is 11.6. The van der Waals surface area contributed by atoms with Gasteiger partial charge in [-0.05, 0) is 114 Å². The molecule has 0 aliphatic rings. The van der Waals surface area contributed by atoms with E-state index in [2.05, 4.69) is 172 Å². The Bertz CT molecular complexity index is 3700. The van der Waals surface area contributed by atoms with Crippen molar-refractivity contribution in [2.45, 2.75) is 0 Å². The minimum atomic E-state index is 0.381. The Labute approximate surface area is 423 Å². The second kappa shape index (κ2) is 19.2. The van der Waals surface area contributed by atoms with Crippen molar-refractivity contribution in [3.63, 3.8) is 0 Å². The van der Waals surface area contributed by atoms with Crippen LogP contribution in [0.5, 0.6) is 0 Å². The van der Waals surface area contributed by atoms with Crippen LogP contribution in [0.1, 0.15) is 11.1 Å². The van der Waals surface area contributed by atoms with E-state index in [1.807, 2.05) is 115 Å². The van der Waals surface area contributed by atoms with Crippen LogP contribution in [0.4, 0.5) is 34.1 Å². The van der Waals surface area contributed by atoms with Crippen molar-refractivity contribution in [3.05, 3.63) is 272 Å². The fourth-order valence-corrected chi connectivity index (χ4v) is 9.84. The number of para-hydroxylation sites is 4. The molecule has 0 aliphatic carbocycles. The zero-order valence-electron chi connectivity index (χ0n) is 39.5. The van der Waals surface area contributed by atoms with E-state index in [0.717, 1.165) is 95.1 Å². The molecule has 0 aliphatic heterocycles. The second-order valence-electron chi connectivity index (χ2n) is 17.7. The molecule has 0 saturated carbocycles. The molecule has 12 aromatic rings. The van der Waals surface area contributed by atoms with E-state index in [-0.39, 0.29) is 0 Å². The van der Waals surface area contributed by atoms with Crippen LogP contribution in [0.25, 0.3) is 72.5 Å². The van der Waals surface area contributed by atoms with Crippen molar-refractivity contribution >= 4 is 55.9 Å². The molecule has 0 atom stereocenters. The minimum absolute atomic E-state index is 0.381. The fourth-order valence-electron chi connectivity index (χ4n) is 9.84. The topological polar surface area (TPSA) is 84.8 Å². The summed E-state index contributed by atoms with van der Waals surface area (Å²) >= 11 is 0. The monoisotopic (exact) mass is 933 g/mol. The van der Waals surface area contributed by atoms with Gasteiger partial charge in [0.05, 0.1) is 39.2 Å². The molecule has 2 aromatic heterocycles. The van der Waals surface area contributed by atoms with Gasteiger partial charge in [0.25, 0.3) is 0 Å². The Hall–Kier alpha value is -10.3. The predicted molar refractivity (Wildman–Crippen MR) is 297 cm³/mol. The molecule has 0 radical (unpaired) electrons. The van der Waals surface area contributed by atoms with Crippen LogP contribution in [-0.4, -0.2) is 14.5 Å². The summed E-state index contributed by atoms with van der Waals surface area (Å²) in [5.41, 5.74) is 15.1. The van der Waals surface area contributed by atoms with Gasteiger partial charge in [-0.1, -0.05) is 158 Å². The fraction of sp³-hybridized carbons (Fsp3) is 0. The number of nitriles is 2. The van der Waals surface area contributed by atoms with Crippen LogP contribution >= 0.6 is 0 Å². The lowest BCUT2D eigenvalue weighted by atomic mass is 9.96. The van der Waals surface area contributed by atoms with Crippen LogP contribution in [-0.2, 0) is 0 Å². The molecule has 0 unspecified atom stereocenters. The molecule has 342 valence electrons. The summed E-state index contributed by atoms with van der Waals surface area (Å²) < 4.78 is 2.09. The molecule has 0 fully saturated rings. The van der Waals surface area contributed by atoms with E-state index < -0.39 is 0 Å². The molecule has 12 rings (SSSR count). The summed E-state index contributed by atoms with van der Waals surface area (Å²) in [5.74, 6) is 0.640. The van der Waals surface area contributed by atoms with E-state index in [4.69, 9.17) is 9.97 Å². The van der Waals surface area contributed by atoms with Gasteiger partial charge in [0.1, 0.15) is 12.1 Å². The highest BCUT2D eigenvalue weighted by Crippen LogP contribution is 2.44. The van der Waals surface area contributed by atoms with Crippen molar-refractivity contribution in [1.29, 1.82) is 10.5 Å². The number of hydrogen-bond donors (Lipinski definition) is 0. The summed E-state index contributed by atoms with van der Waals surface area (Å²) in [6.45, 7) is 0. The average molecular weight is 934 g/mol. The molecule has 0 N–H and O–H groups in total. The Balaban J connectivity index is 1.01. The lowest BCUT2D eigenvalue weighted by Gasteiger charge is -2.26. The van der Waals surface area contributed by atoms with Crippen molar-refractivity contribution in [1.82, 2.24) is 14.5 Å². The molecule has 10 aromatic carbocycles. The van der Waals surface area contributed by atoms with Crippen LogP contribution < -0.4 is 9.80 Å². The summed E-state index contributed by atoms with van der Waals surface area (Å²) in [7, 11) is 0. The Morgan fingerprint density at radius 1 is 0.315 bits per heavy atom. The molecule has 0 saturated heterocycles. The molecule has 0 bridgehead atoms. The predicted octanol–water partition coefficient (Wildman–Crippen LogP) is 16.9. The van der Waals surface area contributed by atoms with Crippen molar-refractivity contribution in [2.24, 2.45) is 0 Å². The van der Waals surface area contributed by atoms with Crippen LogP contribution in [0.3, 0.4) is 0 Å².